The van der Waals surface area contributed by atoms with Crippen molar-refractivity contribution in [2.24, 2.45) is 0 Å². The van der Waals surface area contributed by atoms with E-state index in [9.17, 15) is 5.11 Å². The third kappa shape index (κ3) is 1.46. The predicted molar refractivity (Wildman–Crippen MR) is 69.9 cm³/mol. The number of ether oxygens (including phenoxy) is 1. The zero-order chi connectivity index (χ0) is 13.6. The van der Waals surface area contributed by atoms with Crippen molar-refractivity contribution in [2.45, 2.75) is 11.8 Å². The largest absolute Gasteiger partial charge is 0.383 e. The van der Waals surface area contributed by atoms with Gasteiger partial charge in [0.05, 0.1) is 12.0 Å². The van der Waals surface area contributed by atoms with Crippen LogP contribution in [0.15, 0.2) is 30.7 Å². The van der Waals surface area contributed by atoms with Gasteiger partial charge in [-0.15, -0.1) is 6.42 Å². The molecule has 3 rings (SSSR count). The van der Waals surface area contributed by atoms with Gasteiger partial charge in [0.1, 0.15) is 17.8 Å². The molecule has 0 spiro atoms. The number of anilines is 1. The van der Waals surface area contributed by atoms with E-state index in [0.717, 1.165) is 0 Å². The SMILES string of the molecule is C#C[C@@]1(O)C(=C)CO[C@H]1n1ccc2c(N)ncnc21. The number of terminal acetylenes is 1. The molecule has 6 heteroatoms. The number of rotatable bonds is 1. The Kier molecular flexibility index (Phi) is 2.35. The molecule has 19 heavy (non-hydrogen) atoms. The third-order valence-electron chi connectivity index (χ3n) is 3.32. The van der Waals surface area contributed by atoms with E-state index in [0.29, 0.717) is 22.4 Å². The minimum Gasteiger partial charge on any atom is -0.383 e. The lowest BCUT2D eigenvalue weighted by atomic mass is 9.97. The number of nitrogens with two attached hydrogens (primary N) is 1. The fraction of sp³-hybridized carbons (Fsp3) is 0.231. The van der Waals surface area contributed by atoms with E-state index < -0.39 is 11.8 Å². The molecule has 1 aliphatic rings. The van der Waals surface area contributed by atoms with Crippen LogP contribution in [-0.2, 0) is 4.74 Å². The number of aliphatic hydroxyl groups is 1. The lowest BCUT2D eigenvalue weighted by Gasteiger charge is -2.25. The van der Waals surface area contributed by atoms with Crippen LogP contribution in [0.25, 0.3) is 11.0 Å². The summed E-state index contributed by atoms with van der Waals surface area (Å²) < 4.78 is 7.18. The Labute approximate surface area is 109 Å². The molecule has 1 aliphatic heterocycles. The molecule has 96 valence electrons. The Balaban J connectivity index is 2.19. The second kappa shape index (κ2) is 3.82. The van der Waals surface area contributed by atoms with Gasteiger partial charge in [-0.1, -0.05) is 12.5 Å². The van der Waals surface area contributed by atoms with Crippen molar-refractivity contribution in [1.29, 1.82) is 0 Å². The first-order valence-electron chi connectivity index (χ1n) is 5.65. The fourth-order valence-electron chi connectivity index (χ4n) is 2.22. The highest BCUT2D eigenvalue weighted by Crippen LogP contribution is 2.38. The lowest BCUT2D eigenvalue weighted by Crippen LogP contribution is -2.35. The first-order valence-corrected chi connectivity index (χ1v) is 5.65. The Hall–Kier alpha value is -2.36. The number of nitrogen functional groups attached to an aromatic ring is 1. The zero-order valence-electron chi connectivity index (χ0n) is 10.1. The minimum absolute atomic E-state index is 0.200. The van der Waals surface area contributed by atoms with Crippen LogP contribution >= 0.6 is 0 Å². The molecule has 1 fully saturated rings. The van der Waals surface area contributed by atoms with Gasteiger partial charge in [-0.3, -0.25) is 0 Å². The molecule has 0 radical (unpaired) electrons. The van der Waals surface area contributed by atoms with Crippen LogP contribution < -0.4 is 5.73 Å². The molecule has 0 bridgehead atoms. The molecular formula is C13H12N4O2. The zero-order valence-corrected chi connectivity index (χ0v) is 10.1. The number of aromatic nitrogens is 3. The van der Waals surface area contributed by atoms with Crippen LogP contribution in [0.2, 0.25) is 0 Å². The van der Waals surface area contributed by atoms with E-state index in [1.54, 1.807) is 16.8 Å². The van der Waals surface area contributed by atoms with Gasteiger partial charge in [0.15, 0.2) is 11.8 Å². The molecule has 3 heterocycles. The van der Waals surface area contributed by atoms with Gasteiger partial charge in [-0.05, 0) is 11.6 Å². The third-order valence-corrected chi connectivity index (χ3v) is 3.32. The Bertz CT molecular complexity index is 715. The van der Waals surface area contributed by atoms with Crippen LogP contribution in [0.3, 0.4) is 0 Å². The maximum Gasteiger partial charge on any atom is 0.194 e. The molecule has 6 nitrogen and oxygen atoms in total. The monoisotopic (exact) mass is 256 g/mol. The maximum absolute atomic E-state index is 10.5. The van der Waals surface area contributed by atoms with Crippen LogP contribution in [0.5, 0.6) is 0 Å². The van der Waals surface area contributed by atoms with E-state index in [-0.39, 0.29) is 6.61 Å². The Morgan fingerprint density at radius 1 is 1.63 bits per heavy atom. The van der Waals surface area contributed by atoms with E-state index in [4.69, 9.17) is 16.9 Å². The summed E-state index contributed by atoms with van der Waals surface area (Å²) in [5.74, 6) is 2.71. The predicted octanol–water partition coefficient (Wildman–Crippen LogP) is 0.463. The van der Waals surface area contributed by atoms with Crippen LogP contribution in [0, 0.1) is 12.3 Å². The molecule has 2 aromatic heterocycles. The number of hydrogen-bond donors (Lipinski definition) is 2. The van der Waals surface area contributed by atoms with Gasteiger partial charge in [0.25, 0.3) is 0 Å². The van der Waals surface area contributed by atoms with Crippen LogP contribution in [0.4, 0.5) is 5.82 Å². The summed E-state index contributed by atoms with van der Waals surface area (Å²) >= 11 is 0. The summed E-state index contributed by atoms with van der Waals surface area (Å²) in [4.78, 5) is 8.06. The molecule has 0 aliphatic carbocycles. The van der Waals surface area contributed by atoms with Gasteiger partial charge in [0.2, 0.25) is 0 Å². The average molecular weight is 256 g/mol. The van der Waals surface area contributed by atoms with Gasteiger partial charge >= 0.3 is 0 Å². The number of hydrogen-bond acceptors (Lipinski definition) is 5. The number of nitrogens with zero attached hydrogens (tertiary/aromatic N) is 3. The normalized spacial score (nSPS) is 26.7. The van der Waals surface area contributed by atoms with E-state index >= 15 is 0 Å². The van der Waals surface area contributed by atoms with Gasteiger partial charge in [0, 0.05) is 6.20 Å². The molecule has 1 saturated heterocycles. The van der Waals surface area contributed by atoms with Gasteiger partial charge < -0.3 is 20.1 Å². The summed E-state index contributed by atoms with van der Waals surface area (Å²) in [6, 6.07) is 1.76. The van der Waals surface area contributed by atoms with Gasteiger partial charge in [-0.25, -0.2) is 9.97 Å². The van der Waals surface area contributed by atoms with Crippen molar-refractivity contribution < 1.29 is 9.84 Å². The summed E-state index contributed by atoms with van der Waals surface area (Å²) in [6.07, 6.45) is 7.71. The molecular weight excluding hydrogens is 244 g/mol. The minimum atomic E-state index is -1.55. The summed E-state index contributed by atoms with van der Waals surface area (Å²) in [7, 11) is 0. The topological polar surface area (TPSA) is 86.2 Å². The first-order chi connectivity index (χ1) is 9.08. The first kappa shape index (κ1) is 11.7. The van der Waals surface area contributed by atoms with Crippen molar-refractivity contribution in [1.82, 2.24) is 14.5 Å². The molecule has 0 aromatic carbocycles. The highest BCUT2D eigenvalue weighted by atomic mass is 16.5. The van der Waals surface area contributed by atoms with Gasteiger partial charge in [-0.2, -0.15) is 0 Å². The molecule has 0 amide bonds. The smallest absolute Gasteiger partial charge is 0.194 e. The highest BCUT2D eigenvalue weighted by molar-refractivity contribution is 5.86. The quantitative estimate of drug-likeness (QED) is 0.572. The second-order valence-electron chi connectivity index (χ2n) is 4.40. The van der Waals surface area contributed by atoms with E-state index in [1.165, 1.54) is 6.33 Å². The number of fused-ring (bicyclic) bond motifs is 1. The summed E-state index contributed by atoms with van der Waals surface area (Å²) in [5.41, 5.74) is 5.22. The Morgan fingerprint density at radius 3 is 3.16 bits per heavy atom. The van der Waals surface area contributed by atoms with E-state index in [1.807, 2.05) is 0 Å². The van der Waals surface area contributed by atoms with E-state index in [2.05, 4.69) is 22.5 Å². The van der Waals surface area contributed by atoms with Crippen LogP contribution in [-0.4, -0.2) is 31.8 Å². The van der Waals surface area contributed by atoms with Crippen molar-refractivity contribution in [3.8, 4) is 12.3 Å². The molecule has 0 saturated carbocycles. The standard InChI is InChI=1S/C13H12N4O2/c1-3-13(18)8(2)6-19-12(13)17-5-4-9-10(14)15-7-16-11(9)17/h1,4-5,7,12,18H,2,6H2,(H2,14,15,16)/t12-,13-/m1/s1. The fourth-order valence-corrected chi connectivity index (χ4v) is 2.22. The lowest BCUT2D eigenvalue weighted by molar-refractivity contribution is -0.0374. The summed E-state index contributed by atoms with van der Waals surface area (Å²) in [5, 5.41) is 11.2. The van der Waals surface area contributed by atoms with Crippen molar-refractivity contribution in [3.05, 3.63) is 30.7 Å². The summed E-state index contributed by atoms with van der Waals surface area (Å²) in [6.45, 7) is 3.95. The van der Waals surface area contributed by atoms with Crippen molar-refractivity contribution >= 4 is 16.9 Å². The second-order valence-corrected chi connectivity index (χ2v) is 4.40. The molecule has 3 N–H and O–H groups in total. The maximum atomic E-state index is 10.5. The highest BCUT2D eigenvalue weighted by Gasteiger charge is 2.46. The molecule has 0 unspecified atom stereocenters. The Morgan fingerprint density at radius 2 is 2.42 bits per heavy atom. The van der Waals surface area contributed by atoms with Crippen molar-refractivity contribution in [2.75, 3.05) is 12.3 Å². The molecule has 2 aromatic rings. The molecule has 2 atom stereocenters. The average Bonchev–Trinajstić information content (AvgIpc) is 2.94. The van der Waals surface area contributed by atoms with Crippen LogP contribution in [0.1, 0.15) is 6.23 Å². The van der Waals surface area contributed by atoms with Crippen molar-refractivity contribution in [3.63, 3.8) is 0 Å².